The predicted octanol–water partition coefficient (Wildman–Crippen LogP) is 39.3. The zero-order valence-electron chi connectivity index (χ0n) is 84.4. The van der Waals surface area contributed by atoms with Gasteiger partial charge < -0.3 is 9.31 Å². The number of unbranched alkanes of at least 4 members (excludes halogenated alkanes) is 94. The molecule has 1 aromatic rings. The van der Waals surface area contributed by atoms with Crippen molar-refractivity contribution in [1.29, 1.82) is 0 Å². The molecule has 1 saturated heterocycles. The second-order valence-electron chi connectivity index (χ2n) is 40.5. The molecule has 1 atom stereocenters. The first-order valence-corrected chi connectivity index (χ1v) is 59.3. The lowest BCUT2D eigenvalue weighted by Crippen LogP contribution is -2.57. The number of nitrogens with zero attached hydrogens (tertiary/aromatic N) is 1. The van der Waals surface area contributed by atoms with Crippen LogP contribution in [0.25, 0.3) is 0 Å². The average Bonchev–Trinajstić information content (AvgIpc) is 0.782. The van der Waals surface area contributed by atoms with Gasteiger partial charge in [0.15, 0.2) is 5.50 Å². The van der Waals surface area contributed by atoms with Gasteiger partial charge in [-0.05, 0) is 25.5 Å². The van der Waals surface area contributed by atoms with E-state index in [1.165, 1.54) is 595 Å². The van der Waals surface area contributed by atoms with Gasteiger partial charge in [0.25, 0.3) is 0 Å². The number of halogens is 3. The van der Waals surface area contributed by atoms with Crippen LogP contribution in [0, 0.1) is 0 Å². The van der Waals surface area contributed by atoms with E-state index in [2.05, 4.69) is 6.92 Å². The van der Waals surface area contributed by atoms with Gasteiger partial charge in [-0.3, -0.25) is 14.5 Å². The van der Waals surface area contributed by atoms with E-state index in [1.54, 1.807) is 37.4 Å². The minimum atomic E-state index is -4.90. The van der Waals surface area contributed by atoms with Crippen LogP contribution in [0.4, 0.5) is 0 Å². The van der Waals surface area contributed by atoms with Gasteiger partial charge in [0.1, 0.15) is 6.61 Å². The highest BCUT2D eigenvalue weighted by Gasteiger charge is 2.56. The minimum absolute atomic E-state index is 0.151. The number of rotatable bonds is 103. The van der Waals surface area contributed by atoms with E-state index in [4.69, 9.17) is 52.5 Å². The molecular weight excluding hydrogens is 1650 g/mol. The van der Waals surface area contributed by atoms with Crippen LogP contribution >= 0.6 is 34.8 Å². The molecule has 746 valence electrons. The molecule has 9 nitrogen and oxygen atoms in total. The van der Waals surface area contributed by atoms with Crippen molar-refractivity contribution >= 4 is 64.3 Å². The van der Waals surface area contributed by atoms with Crippen molar-refractivity contribution in [2.24, 2.45) is 0 Å². The highest BCUT2D eigenvalue weighted by atomic mass is 35.6. The van der Waals surface area contributed by atoms with E-state index in [-0.39, 0.29) is 19.5 Å². The van der Waals surface area contributed by atoms with Gasteiger partial charge >= 0.3 is 29.5 Å². The molecule has 0 amide bonds. The molecule has 0 saturated carbocycles. The molecule has 1 aromatic carbocycles. The standard InChI is InChI=1S/C113H211BCl3NO8S/c1-3-4-5-6-7-8-9-10-11-12-13-14-15-16-17-18-19-20-21-22-23-24-25-26-27-28-29-30-31-32-33-34-35-36-37-38-39-40-41-42-43-44-45-46-47-48-49-50-51-52-53-54-55-56-57-58-59-60-61-62-63-64-65-66-67-68-69-70-71-72-73-74-75-76-77-78-79-80-81-82-83-84-85-86-87-88-89-90-91-92-93-94-95-96-97-101-104-112(105-109-102-99-98-100-103-109,126-127(121,122)123-108-113(115,116)117)114-124-110(119)106-118(2)107-111(120)125-114/h98-104H,3-97,105-108H2,1-2H3/b104-101+. The molecule has 0 aromatic heterocycles. The molecule has 0 radical (unpaired) electrons. The predicted molar refractivity (Wildman–Crippen MR) is 558 cm³/mol. The van der Waals surface area contributed by atoms with Crippen molar-refractivity contribution in [2.45, 2.75) is 633 Å². The molecule has 0 bridgehead atoms. The Morgan fingerprint density at radius 2 is 0.488 bits per heavy atom. The Morgan fingerprint density at radius 1 is 0.307 bits per heavy atom. The average molecular weight is 1860 g/mol. The first-order valence-electron chi connectivity index (χ1n) is 56.8. The Hall–Kier alpha value is -1.34. The molecule has 14 heteroatoms. The fourth-order valence-electron chi connectivity index (χ4n) is 19.5. The van der Waals surface area contributed by atoms with Crippen molar-refractivity contribution < 1.29 is 35.7 Å². The van der Waals surface area contributed by atoms with Crippen molar-refractivity contribution in [3.8, 4) is 0 Å². The van der Waals surface area contributed by atoms with E-state index in [1.807, 2.05) is 6.07 Å². The van der Waals surface area contributed by atoms with Gasteiger partial charge in [-0.2, -0.15) is 8.42 Å². The van der Waals surface area contributed by atoms with Crippen LogP contribution in [-0.2, 0) is 44.1 Å². The maximum absolute atomic E-state index is 13.3. The summed E-state index contributed by atoms with van der Waals surface area (Å²) in [5.74, 6) is -1.45. The van der Waals surface area contributed by atoms with Crippen LogP contribution in [0.5, 0.6) is 0 Å². The number of carbonyl (C=O) groups is 2. The highest BCUT2D eigenvalue weighted by Crippen LogP contribution is 2.33. The van der Waals surface area contributed by atoms with Crippen LogP contribution in [0.15, 0.2) is 42.5 Å². The lowest BCUT2D eigenvalue weighted by molar-refractivity contribution is -0.147. The van der Waals surface area contributed by atoms with Crippen LogP contribution < -0.4 is 0 Å². The first kappa shape index (κ1) is 122. The molecule has 1 aliphatic heterocycles. The third kappa shape index (κ3) is 88.4. The monoisotopic (exact) mass is 1860 g/mol. The van der Waals surface area contributed by atoms with Gasteiger partial charge in [-0.1, -0.05) is 681 Å². The summed E-state index contributed by atoms with van der Waals surface area (Å²) in [5.41, 5.74) is -1.40. The Bertz CT molecular complexity index is 2540. The Balaban J connectivity index is 1.17. The van der Waals surface area contributed by atoms with E-state index in [0.717, 1.165) is 19.3 Å². The SMILES string of the molecule is CCCCCCCCCCCCCCCCCCCCCCCCCCCCCCCCCCCCCCCCCCCCCCCCCCCCCCCCCCCCCCCCCCCCCCCCCCCCCCCCCCCCCCCCCCCCCCCC/C=C/C(Cc1ccccc1)(OS(=O)(=O)OCC(Cl)(Cl)Cl)B1OC(=O)CN(C)CC(=O)O1. The minimum Gasteiger partial charge on any atom is -0.496 e. The third-order valence-electron chi connectivity index (χ3n) is 27.7. The summed E-state index contributed by atoms with van der Waals surface area (Å²) in [6.45, 7) is 1.05. The number of allylic oxidation sites excluding steroid dienone is 1. The quantitative estimate of drug-likeness (QED) is 0.0273. The summed E-state index contributed by atoms with van der Waals surface area (Å²) in [5, 5.41) is 0. The Labute approximate surface area is 806 Å². The molecule has 1 heterocycles. The van der Waals surface area contributed by atoms with Gasteiger partial charge in [0.05, 0.1) is 13.1 Å². The molecule has 0 spiro atoms. The summed E-state index contributed by atoms with van der Waals surface area (Å²) < 4.78 is 46.5. The summed E-state index contributed by atoms with van der Waals surface area (Å²) in [6, 6.07) is 8.90. The fraction of sp³-hybridized carbons (Fsp3) is 0.912. The van der Waals surface area contributed by atoms with E-state index >= 15 is 0 Å². The molecule has 2 rings (SSSR count). The van der Waals surface area contributed by atoms with Crippen LogP contribution in [-0.4, -0.2) is 68.4 Å². The number of benzene rings is 1. The van der Waals surface area contributed by atoms with Gasteiger partial charge in [0.2, 0.25) is 3.79 Å². The fourth-order valence-corrected chi connectivity index (χ4v) is 20.8. The topological polar surface area (TPSA) is 108 Å². The lowest BCUT2D eigenvalue weighted by Gasteiger charge is -2.34. The maximum atomic E-state index is 13.3. The largest absolute Gasteiger partial charge is 0.639 e. The molecule has 127 heavy (non-hydrogen) atoms. The summed E-state index contributed by atoms with van der Waals surface area (Å²) >= 11 is 17.4. The highest BCUT2D eigenvalue weighted by molar-refractivity contribution is 7.82. The Morgan fingerprint density at radius 3 is 0.669 bits per heavy atom. The molecule has 0 N–H and O–H groups in total. The summed E-state index contributed by atoms with van der Waals surface area (Å²) in [4.78, 5) is 27.3. The summed E-state index contributed by atoms with van der Waals surface area (Å²) in [7, 11) is -5.09. The van der Waals surface area contributed by atoms with Crippen molar-refractivity contribution in [3.05, 3.63) is 48.0 Å². The van der Waals surface area contributed by atoms with Gasteiger partial charge in [0, 0.05) is 6.42 Å². The van der Waals surface area contributed by atoms with Crippen molar-refractivity contribution in [3.63, 3.8) is 0 Å². The third-order valence-corrected chi connectivity index (χ3v) is 29.0. The molecule has 1 aliphatic rings. The van der Waals surface area contributed by atoms with Gasteiger partial charge in [-0.15, -0.1) is 0 Å². The zero-order valence-corrected chi connectivity index (χ0v) is 87.5. The van der Waals surface area contributed by atoms with Crippen LogP contribution in [0.3, 0.4) is 0 Å². The van der Waals surface area contributed by atoms with Crippen LogP contribution in [0.2, 0.25) is 0 Å². The number of carbonyl (C=O) groups excluding carboxylic acids is 2. The molecule has 1 fully saturated rings. The smallest absolute Gasteiger partial charge is 0.496 e. The number of likely N-dealkylation sites (N-methyl/N-ethyl adjacent to an activating group) is 1. The normalized spacial score (nSPS) is 13.7. The second kappa shape index (κ2) is 95.0. The first-order chi connectivity index (χ1) is 62.3. The molecular formula is C113H211BCl3NO8S. The van der Waals surface area contributed by atoms with Crippen LogP contribution in [0.1, 0.15) is 622 Å². The number of hydrogen-bond donors (Lipinski definition) is 0. The molecule has 1 unspecified atom stereocenters. The summed E-state index contributed by atoms with van der Waals surface area (Å²) in [6.07, 6.45) is 139. The zero-order chi connectivity index (χ0) is 91.2. The number of hydrogen-bond acceptors (Lipinski definition) is 9. The van der Waals surface area contributed by atoms with Crippen molar-refractivity contribution in [1.82, 2.24) is 4.90 Å². The van der Waals surface area contributed by atoms with Gasteiger partial charge in [-0.25, -0.2) is 8.37 Å². The molecule has 0 aliphatic carbocycles. The van der Waals surface area contributed by atoms with E-state index in [9.17, 15) is 18.0 Å². The van der Waals surface area contributed by atoms with Crippen molar-refractivity contribution in [2.75, 3.05) is 26.7 Å². The maximum Gasteiger partial charge on any atom is 0.639 e. The van der Waals surface area contributed by atoms with E-state index in [0.29, 0.717) is 12.0 Å². The number of alkyl halides is 3. The second-order valence-corrected chi connectivity index (χ2v) is 44.3. The van der Waals surface area contributed by atoms with E-state index < -0.39 is 45.4 Å². The lowest BCUT2D eigenvalue weighted by atomic mass is 9.63. The Kier molecular flexibility index (Phi) is 91.1.